The van der Waals surface area contributed by atoms with Crippen molar-refractivity contribution in [1.29, 1.82) is 0 Å². The quantitative estimate of drug-likeness (QED) is 0.787. The molecule has 3 aromatic rings. The number of rotatable bonds is 2. The second-order valence-electron chi connectivity index (χ2n) is 6.30. The zero-order chi connectivity index (χ0) is 16.7. The van der Waals surface area contributed by atoms with E-state index in [-0.39, 0.29) is 11.9 Å². The van der Waals surface area contributed by atoms with E-state index in [4.69, 9.17) is 0 Å². The van der Waals surface area contributed by atoms with E-state index in [1.165, 1.54) is 0 Å². The molecule has 1 N–H and O–H groups in total. The van der Waals surface area contributed by atoms with Crippen molar-refractivity contribution in [3.8, 4) is 0 Å². The van der Waals surface area contributed by atoms with Crippen LogP contribution in [-0.2, 0) is 0 Å². The lowest BCUT2D eigenvalue weighted by molar-refractivity contribution is 0.0732. The molecule has 3 heterocycles. The summed E-state index contributed by atoms with van der Waals surface area (Å²) in [5, 5.41) is 0. The number of nitrogens with zero attached hydrogens (tertiary/aromatic N) is 4. The van der Waals surface area contributed by atoms with E-state index in [2.05, 4.69) is 19.9 Å². The fourth-order valence-corrected chi connectivity index (χ4v) is 3.40. The molecule has 24 heavy (non-hydrogen) atoms. The van der Waals surface area contributed by atoms with Crippen molar-refractivity contribution in [3.63, 3.8) is 0 Å². The summed E-state index contributed by atoms with van der Waals surface area (Å²) in [7, 11) is 0. The van der Waals surface area contributed by atoms with Gasteiger partial charge in [-0.15, -0.1) is 0 Å². The second kappa shape index (κ2) is 5.70. The van der Waals surface area contributed by atoms with Gasteiger partial charge in [-0.25, -0.2) is 4.98 Å². The van der Waals surface area contributed by atoms with Gasteiger partial charge in [-0.05, 0) is 44.9 Å². The Morgan fingerprint density at radius 3 is 2.96 bits per heavy atom. The molecule has 0 aliphatic carbocycles. The molecule has 2 aromatic heterocycles. The number of aromatic nitrogens is 4. The molecule has 0 saturated carbocycles. The van der Waals surface area contributed by atoms with Crippen LogP contribution in [-0.4, -0.2) is 37.3 Å². The highest BCUT2D eigenvalue weighted by Crippen LogP contribution is 2.32. The van der Waals surface area contributed by atoms with E-state index in [0.29, 0.717) is 5.56 Å². The van der Waals surface area contributed by atoms with Gasteiger partial charge < -0.3 is 9.88 Å². The molecule has 1 aliphatic heterocycles. The first kappa shape index (κ1) is 14.8. The number of imidazole rings is 1. The monoisotopic (exact) mass is 321 g/mol. The Hall–Kier alpha value is -2.76. The van der Waals surface area contributed by atoms with E-state index < -0.39 is 0 Å². The molecule has 1 atom stereocenters. The Morgan fingerprint density at radius 1 is 1.25 bits per heavy atom. The number of benzene rings is 1. The lowest BCUT2D eigenvalue weighted by Gasteiger charge is -2.24. The number of aromatic amines is 1. The van der Waals surface area contributed by atoms with Crippen LogP contribution < -0.4 is 0 Å². The van der Waals surface area contributed by atoms with E-state index in [9.17, 15) is 4.79 Å². The Morgan fingerprint density at radius 2 is 2.12 bits per heavy atom. The second-order valence-corrected chi connectivity index (χ2v) is 6.30. The third kappa shape index (κ3) is 2.54. The molecule has 0 spiro atoms. The van der Waals surface area contributed by atoms with Crippen LogP contribution >= 0.6 is 0 Å². The van der Waals surface area contributed by atoms with Crippen molar-refractivity contribution >= 4 is 16.9 Å². The topological polar surface area (TPSA) is 74.8 Å². The smallest absolute Gasteiger partial charge is 0.254 e. The number of carbonyl (C=O) groups excluding carboxylic acids is 1. The van der Waals surface area contributed by atoms with Crippen molar-refractivity contribution in [1.82, 2.24) is 24.8 Å². The zero-order valence-corrected chi connectivity index (χ0v) is 13.8. The van der Waals surface area contributed by atoms with Gasteiger partial charge in [0.05, 0.1) is 34.7 Å². The van der Waals surface area contributed by atoms with Gasteiger partial charge in [0.15, 0.2) is 0 Å². The molecule has 6 heteroatoms. The summed E-state index contributed by atoms with van der Waals surface area (Å²) >= 11 is 0. The number of likely N-dealkylation sites (tertiary alicyclic amines) is 1. The summed E-state index contributed by atoms with van der Waals surface area (Å²) in [6, 6.07) is 5.63. The Bertz CT molecular complexity index is 917. The normalized spacial score (nSPS) is 17.6. The van der Waals surface area contributed by atoms with Crippen LogP contribution in [0.2, 0.25) is 0 Å². The molecule has 1 aromatic carbocycles. The number of hydrogen-bond donors (Lipinski definition) is 1. The minimum Gasteiger partial charge on any atom is -0.342 e. The number of H-pyrrole nitrogens is 1. The molecule has 1 fully saturated rings. The summed E-state index contributed by atoms with van der Waals surface area (Å²) in [5.41, 5.74) is 4.20. The number of nitrogens with one attached hydrogen (secondary N) is 1. The fourth-order valence-electron chi connectivity index (χ4n) is 3.40. The van der Waals surface area contributed by atoms with Crippen molar-refractivity contribution in [2.45, 2.75) is 32.7 Å². The zero-order valence-electron chi connectivity index (χ0n) is 13.8. The highest BCUT2D eigenvalue weighted by Gasteiger charge is 2.31. The molecule has 1 aliphatic rings. The molecule has 6 nitrogen and oxygen atoms in total. The van der Waals surface area contributed by atoms with Crippen LogP contribution in [0.3, 0.4) is 0 Å². The number of hydrogen-bond acceptors (Lipinski definition) is 4. The summed E-state index contributed by atoms with van der Waals surface area (Å²) in [6.07, 6.45) is 5.41. The molecule has 4 rings (SSSR count). The minimum absolute atomic E-state index is 0.00380. The van der Waals surface area contributed by atoms with Gasteiger partial charge in [-0.3, -0.25) is 14.8 Å². The fraction of sp³-hybridized carbons (Fsp3) is 0.333. The maximum absolute atomic E-state index is 13.0. The first-order valence-corrected chi connectivity index (χ1v) is 8.18. The molecule has 0 bridgehead atoms. The average molecular weight is 321 g/mol. The summed E-state index contributed by atoms with van der Waals surface area (Å²) in [4.78, 5) is 31.3. The average Bonchev–Trinajstić information content (AvgIpc) is 3.18. The van der Waals surface area contributed by atoms with E-state index in [0.717, 1.165) is 47.6 Å². The van der Waals surface area contributed by atoms with Gasteiger partial charge in [-0.2, -0.15) is 0 Å². The largest absolute Gasteiger partial charge is 0.342 e. The first-order chi connectivity index (χ1) is 11.6. The number of carbonyl (C=O) groups is 1. The van der Waals surface area contributed by atoms with Gasteiger partial charge in [0.2, 0.25) is 0 Å². The third-order valence-electron chi connectivity index (χ3n) is 4.48. The minimum atomic E-state index is 0.00380. The van der Waals surface area contributed by atoms with Crippen LogP contribution in [0.1, 0.15) is 46.5 Å². The van der Waals surface area contributed by atoms with E-state index >= 15 is 0 Å². The van der Waals surface area contributed by atoms with Crippen molar-refractivity contribution in [2.24, 2.45) is 0 Å². The lowest BCUT2D eigenvalue weighted by atomic mass is 10.1. The van der Waals surface area contributed by atoms with Gasteiger partial charge in [0.25, 0.3) is 5.91 Å². The SMILES string of the molecule is Cc1cncc(C2CCCN2C(=O)c2ccc3nc(C)[nH]c3c2)n1. The lowest BCUT2D eigenvalue weighted by Crippen LogP contribution is -2.31. The van der Waals surface area contributed by atoms with Crippen LogP contribution in [0.4, 0.5) is 0 Å². The molecule has 1 amide bonds. The maximum Gasteiger partial charge on any atom is 0.254 e. The molecule has 1 saturated heterocycles. The maximum atomic E-state index is 13.0. The summed E-state index contributed by atoms with van der Waals surface area (Å²) < 4.78 is 0. The predicted octanol–water partition coefficient (Wildman–Crippen LogP) is 2.95. The highest BCUT2D eigenvalue weighted by atomic mass is 16.2. The van der Waals surface area contributed by atoms with Gasteiger partial charge in [-0.1, -0.05) is 0 Å². The van der Waals surface area contributed by atoms with Crippen LogP contribution in [0.25, 0.3) is 11.0 Å². The Labute approximate surface area is 140 Å². The summed E-state index contributed by atoms with van der Waals surface area (Å²) in [5.74, 6) is 0.888. The number of amides is 1. The van der Waals surface area contributed by atoms with Crippen molar-refractivity contribution < 1.29 is 4.79 Å². The Kier molecular flexibility index (Phi) is 3.52. The van der Waals surface area contributed by atoms with E-state index in [1.54, 1.807) is 12.4 Å². The van der Waals surface area contributed by atoms with Crippen molar-refractivity contribution in [3.05, 3.63) is 53.4 Å². The van der Waals surface area contributed by atoms with Crippen LogP contribution in [0, 0.1) is 13.8 Å². The standard InChI is InChI=1S/C18H19N5O/c1-11-9-19-10-16(20-11)17-4-3-7-23(17)18(24)13-5-6-14-15(8-13)22-12(2)21-14/h5-6,8-10,17H,3-4,7H2,1-2H3,(H,21,22). The van der Waals surface area contributed by atoms with E-state index in [1.807, 2.05) is 36.9 Å². The van der Waals surface area contributed by atoms with Gasteiger partial charge in [0, 0.05) is 18.3 Å². The summed E-state index contributed by atoms with van der Waals surface area (Å²) in [6.45, 7) is 4.58. The van der Waals surface area contributed by atoms with Crippen LogP contribution in [0.5, 0.6) is 0 Å². The number of fused-ring (bicyclic) bond motifs is 1. The van der Waals surface area contributed by atoms with Gasteiger partial charge in [0.1, 0.15) is 5.82 Å². The predicted molar refractivity (Wildman–Crippen MR) is 90.6 cm³/mol. The van der Waals surface area contributed by atoms with Crippen molar-refractivity contribution in [2.75, 3.05) is 6.54 Å². The molecule has 122 valence electrons. The third-order valence-corrected chi connectivity index (χ3v) is 4.48. The molecular formula is C18H19N5O. The van der Waals surface area contributed by atoms with Gasteiger partial charge >= 0.3 is 0 Å². The molecular weight excluding hydrogens is 302 g/mol. The number of aryl methyl sites for hydroxylation is 2. The highest BCUT2D eigenvalue weighted by molar-refractivity contribution is 5.97. The molecule has 0 radical (unpaired) electrons. The van der Waals surface area contributed by atoms with Crippen LogP contribution in [0.15, 0.2) is 30.6 Å². The molecule has 1 unspecified atom stereocenters. The first-order valence-electron chi connectivity index (χ1n) is 8.18. The Balaban J connectivity index is 1.66.